The van der Waals surface area contributed by atoms with Crippen molar-refractivity contribution in [2.45, 2.75) is 20.3 Å². The summed E-state index contributed by atoms with van der Waals surface area (Å²) in [5.41, 5.74) is 0. The van der Waals surface area contributed by atoms with E-state index in [-0.39, 0.29) is 5.97 Å². The predicted octanol–water partition coefficient (Wildman–Crippen LogP) is 1.78. The van der Waals surface area contributed by atoms with Crippen LogP contribution in [0.15, 0.2) is 4.99 Å². The summed E-state index contributed by atoms with van der Waals surface area (Å²) in [6.45, 7) is 4.11. The molecule has 0 heterocycles. The Morgan fingerprint density at radius 3 is 2.29 bits per heavy atom. The Labute approximate surface area is 43.3 Å². The molecule has 0 spiro atoms. The fourth-order valence-electron chi connectivity index (χ4n) is 0.283. The third-order valence-corrected chi connectivity index (χ3v) is 0.621. The Morgan fingerprint density at radius 2 is 2.14 bits per heavy atom. The van der Waals surface area contributed by atoms with Crippen LogP contribution in [0.3, 0.4) is 0 Å². The summed E-state index contributed by atoms with van der Waals surface area (Å²) in [5, 5.41) is 0. The minimum Gasteiger partial charge on any atom is -0.262 e. The van der Waals surface area contributed by atoms with Gasteiger partial charge in [0.1, 0.15) is 0 Å². The first-order valence-corrected chi connectivity index (χ1v) is 2.50. The van der Waals surface area contributed by atoms with Crippen LogP contribution < -0.4 is 0 Å². The van der Waals surface area contributed by atoms with Crippen LogP contribution in [0.1, 0.15) is 20.3 Å². The first kappa shape index (κ1) is 6.60. The second-order valence-electron chi connectivity index (χ2n) is 1.20. The van der Waals surface area contributed by atoms with Gasteiger partial charge in [0.15, 0.2) is 5.97 Å². The molecule has 0 saturated heterocycles. The molecule has 0 aromatic rings. The lowest BCUT2D eigenvalue weighted by atomic mass is 10.5. The SMILES string of the molecule is CC/N=C(/F)CC. The van der Waals surface area contributed by atoms with E-state index in [0.717, 1.165) is 0 Å². The Balaban J connectivity index is 3.29. The smallest absolute Gasteiger partial charge is 0.184 e. The molecule has 0 aromatic heterocycles. The first-order valence-electron chi connectivity index (χ1n) is 2.50. The van der Waals surface area contributed by atoms with Gasteiger partial charge in [-0.3, -0.25) is 4.99 Å². The lowest BCUT2D eigenvalue weighted by Gasteiger charge is -1.83. The molecule has 0 bridgehead atoms. The highest BCUT2D eigenvalue weighted by molar-refractivity contribution is 5.74. The largest absolute Gasteiger partial charge is 0.262 e. The molecule has 1 nitrogen and oxygen atoms in total. The summed E-state index contributed by atoms with van der Waals surface area (Å²) < 4.78 is 11.9. The molecule has 0 aromatic carbocycles. The van der Waals surface area contributed by atoms with Crippen molar-refractivity contribution >= 4 is 5.97 Å². The Bertz CT molecular complexity index is 68.5. The summed E-state index contributed by atoms with van der Waals surface area (Å²) in [5.74, 6) is -0.248. The maximum absolute atomic E-state index is 11.9. The molecule has 0 aliphatic heterocycles. The molecule has 42 valence electrons. The molecule has 0 amide bonds. The number of nitrogens with zero attached hydrogens (tertiary/aromatic N) is 1. The number of hydrogen-bond donors (Lipinski definition) is 0. The van der Waals surface area contributed by atoms with E-state index < -0.39 is 0 Å². The van der Waals surface area contributed by atoms with Gasteiger partial charge >= 0.3 is 0 Å². The Hall–Kier alpha value is -0.400. The average molecular weight is 103 g/mol. The normalized spacial score (nSPS) is 12.1. The maximum atomic E-state index is 11.9. The molecule has 2 heteroatoms. The number of aliphatic imine (C=N–C) groups is 1. The molecule has 0 aliphatic carbocycles. The van der Waals surface area contributed by atoms with E-state index >= 15 is 0 Å². The van der Waals surface area contributed by atoms with E-state index in [0.29, 0.717) is 13.0 Å². The summed E-state index contributed by atoms with van der Waals surface area (Å²) in [6, 6.07) is 0. The second-order valence-corrected chi connectivity index (χ2v) is 1.20. The minimum absolute atomic E-state index is 0.248. The van der Waals surface area contributed by atoms with E-state index in [1.54, 1.807) is 6.92 Å². The summed E-state index contributed by atoms with van der Waals surface area (Å²) in [7, 11) is 0. The van der Waals surface area contributed by atoms with Gasteiger partial charge in [-0.2, -0.15) is 4.39 Å². The van der Waals surface area contributed by atoms with Crippen molar-refractivity contribution in [3.63, 3.8) is 0 Å². The van der Waals surface area contributed by atoms with Gasteiger partial charge in [0.25, 0.3) is 0 Å². The van der Waals surface area contributed by atoms with Crippen LogP contribution in [0.5, 0.6) is 0 Å². The van der Waals surface area contributed by atoms with E-state index in [2.05, 4.69) is 4.99 Å². The van der Waals surface area contributed by atoms with Gasteiger partial charge in [-0.05, 0) is 6.92 Å². The van der Waals surface area contributed by atoms with Gasteiger partial charge in [-0.1, -0.05) is 6.92 Å². The molecular formula is C5H10FN. The number of halogens is 1. The molecule has 0 rings (SSSR count). The van der Waals surface area contributed by atoms with Gasteiger partial charge in [-0.25, -0.2) is 0 Å². The zero-order valence-corrected chi connectivity index (χ0v) is 4.74. The Morgan fingerprint density at radius 1 is 1.57 bits per heavy atom. The quantitative estimate of drug-likeness (QED) is 0.472. The fourth-order valence-corrected chi connectivity index (χ4v) is 0.283. The maximum Gasteiger partial charge on any atom is 0.184 e. The third-order valence-electron chi connectivity index (χ3n) is 0.621. The second kappa shape index (κ2) is 3.78. The minimum atomic E-state index is -0.248. The molecule has 0 aliphatic rings. The van der Waals surface area contributed by atoms with Crippen LogP contribution in [0.25, 0.3) is 0 Å². The van der Waals surface area contributed by atoms with Crippen molar-refractivity contribution in [1.29, 1.82) is 0 Å². The first-order chi connectivity index (χ1) is 3.31. The molecule has 0 N–H and O–H groups in total. The highest BCUT2D eigenvalue weighted by Crippen LogP contribution is 1.85. The third kappa shape index (κ3) is 3.43. The van der Waals surface area contributed by atoms with E-state index in [1.165, 1.54) is 0 Å². The summed E-state index contributed by atoms with van der Waals surface area (Å²) >= 11 is 0. The Kier molecular flexibility index (Phi) is 3.56. The predicted molar refractivity (Wildman–Crippen MR) is 29.4 cm³/mol. The standard InChI is InChI=1S/C5H10FN/c1-3-5(6)7-4-2/h3-4H2,1-2H3/b7-5+. The van der Waals surface area contributed by atoms with Crippen LogP contribution in [0, 0.1) is 0 Å². The highest BCUT2D eigenvalue weighted by Gasteiger charge is 1.84. The van der Waals surface area contributed by atoms with Crippen molar-refractivity contribution < 1.29 is 4.39 Å². The molecule has 7 heavy (non-hydrogen) atoms. The van der Waals surface area contributed by atoms with Crippen molar-refractivity contribution in [2.24, 2.45) is 4.99 Å². The summed E-state index contributed by atoms with van der Waals surface area (Å²) in [4.78, 5) is 3.49. The number of hydrogen-bond acceptors (Lipinski definition) is 1. The summed E-state index contributed by atoms with van der Waals surface area (Å²) in [6.07, 6.45) is 0.424. The van der Waals surface area contributed by atoms with Gasteiger partial charge in [0, 0.05) is 13.0 Å². The van der Waals surface area contributed by atoms with Crippen LogP contribution in [0.2, 0.25) is 0 Å². The topological polar surface area (TPSA) is 12.4 Å². The van der Waals surface area contributed by atoms with Crippen molar-refractivity contribution in [3.05, 3.63) is 0 Å². The van der Waals surface area contributed by atoms with Gasteiger partial charge in [0.05, 0.1) is 0 Å². The van der Waals surface area contributed by atoms with Gasteiger partial charge in [0.2, 0.25) is 0 Å². The molecule has 0 unspecified atom stereocenters. The lowest BCUT2D eigenvalue weighted by Crippen LogP contribution is -1.84. The average Bonchev–Trinajstić information content (AvgIpc) is 1.68. The monoisotopic (exact) mass is 103 g/mol. The molecule has 0 radical (unpaired) electrons. The molecule has 0 saturated carbocycles. The van der Waals surface area contributed by atoms with Crippen LogP contribution in [0.4, 0.5) is 4.39 Å². The van der Waals surface area contributed by atoms with Crippen LogP contribution in [-0.4, -0.2) is 12.5 Å². The van der Waals surface area contributed by atoms with Crippen molar-refractivity contribution in [1.82, 2.24) is 0 Å². The fraction of sp³-hybridized carbons (Fsp3) is 0.800. The zero-order valence-electron chi connectivity index (χ0n) is 4.74. The molecule has 0 atom stereocenters. The van der Waals surface area contributed by atoms with Crippen molar-refractivity contribution in [3.8, 4) is 0 Å². The van der Waals surface area contributed by atoms with Crippen molar-refractivity contribution in [2.75, 3.05) is 6.54 Å². The van der Waals surface area contributed by atoms with Gasteiger partial charge in [-0.15, -0.1) is 0 Å². The molecule has 0 fully saturated rings. The van der Waals surface area contributed by atoms with E-state index in [9.17, 15) is 4.39 Å². The number of rotatable bonds is 2. The lowest BCUT2D eigenvalue weighted by molar-refractivity contribution is 0.761. The van der Waals surface area contributed by atoms with Gasteiger partial charge < -0.3 is 0 Å². The van der Waals surface area contributed by atoms with E-state index in [1.807, 2.05) is 6.92 Å². The zero-order chi connectivity index (χ0) is 5.70. The molecular weight excluding hydrogens is 93.1 g/mol. The van der Waals surface area contributed by atoms with Crippen LogP contribution >= 0.6 is 0 Å². The highest BCUT2D eigenvalue weighted by atomic mass is 19.1. The van der Waals surface area contributed by atoms with Crippen LogP contribution in [-0.2, 0) is 0 Å². The van der Waals surface area contributed by atoms with E-state index in [4.69, 9.17) is 0 Å².